The molecule has 8 nitrogen and oxygen atoms in total. The van der Waals surface area contributed by atoms with E-state index in [1.54, 1.807) is 18.2 Å². The fraction of sp³-hybridized carbons (Fsp3) is 0. The lowest BCUT2D eigenvalue weighted by Crippen LogP contribution is -2.00. The number of anilines is 1. The normalized spacial score (nSPS) is 12.0. The van der Waals surface area contributed by atoms with E-state index in [0.717, 1.165) is 6.07 Å². The van der Waals surface area contributed by atoms with Crippen molar-refractivity contribution < 1.29 is 23.2 Å². The molecule has 25 heavy (non-hydrogen) atoms. The third-order valence-electron chi connectivity index (χ3n) is 3.52. The molecular formula is C16H13N3O5S. The van der Waals surface area contributed by atoms with Gasteiger partial charge in [0, 0.05) is 11.1 Å². The summed E-state index contributed by atoms with van der Waals surface area (Å²) in [5.74, 6) is -0.361. The fourth-order valence-corrected chi connectivity index (χ4v) is 2.88. The average Bonchev–Trinajstić information content (AvgIpc) is 2.54. The Hall–Kier alpha value is -3.17. The number of aromatic hydroxyl groups is 2. The highest BCUT2D eigenvalue weighted by Gasteiger charge is 2.16. The van der Waals surface area contributed by atoms with Crippen LogP contribution in [-0.4, -0.2) is 23.2 Å². The van der Waals surface area contributed by atoms with Crippen molar-refractivity contribution in [3.63, 3.8) is 0 Å². The second-order valence-electron chi connectivity index (χ2n) is 5.21. The van der Waals surface area contributed by atoms with Crippen LogP contribution in [0.2, 0.25) is 0 Å². The lowest BCUT2D eigenvalue weighted by atomic mass is 10.1. The van der Waals surface area contributed by atoms with E-state index >= 15 is 0 Å². The summed E-state index contributed by atoms with van der Waals surface area (Å²) in [6.07, 6.45) is 0. The summed E-state index contributed by atoms with van der Waals surface area (Å²) in [7, 11) is -4.42. The number of hydrogen-bond donors (Lipinski definition) is 4. The van der Waals surface area contributed by atoms with E-state index < -0.39 is 10.1 Å². The van der Waals surface area contributed by atoms with Gasteiger partial charge in [-0.2, -0.15) is 8.42 Å². The van der Waals surface area contributed by atoms with Crippen molar-refractivity contribution in [1.82, 2.24) is 0 Å². The molecule has 0 radical (unpaired) electrons. The maximum Gasteiger partial charge on any atom is 0.294 e. The van der Waals surface area contributed by atoms with Gasteiger partial charge in [-0.25, -0.2) is 0 Å². The molecule has 0 aliphatic rings. The van der Waals surface area contributed by atoms with Gasteiger partial charge in [0.05, 0.1) is 4.90 Å². The van der Waals surface area contributed by atoms with Crippen LogP contribution in [0.4, 0.5) is 17.1 Å². The van der Waals surface area contributed by atoms with Gasteiger partial charge in [0.2, 0.25) is 0 Å². The molecule has 0 aromatic heterocycles. The Kier molecular flexibility index (Phi) is 4.03. The Labute approximate surface area is 142 Å². The molecular weight excluding hydrogens is 346 g/mol. The largest absolute Gasteiger partial charge is 0.506 e. The van der Waals surface area contributed by atoms with Gasteiger partial charge >= 0.3 is 0 Å². The first-order valence-corrected chi connectivity index (χ1v) is 8.44. The summed E-state index contributed by atoms with van der Waals surface area (Å²) >= 11 is 0. The molecule has 0 bridgehead atoms. The third kappa shape index (κ3) is 3.23. The van der Waals surface area contributed by atoms with Crippen molar-refractivity contribution in [2.75, 3.05) is 5.73 Å². The molecule has 0 atom stereocenters. The van der Waals surface area contributed by atoms with Gasteiger partial charge in [-0.1, -0.05) is 18.2 Å². The van der Waals surface area contributed by atoms with Crippen molar-refractivity contribution in [1.29, 1.82) is 0 Å². The molecule has 0 saturated carbocycles. The van der Waals surface area contributed by atoms with Gasteiger partial charge in [-0.05, 0) is 35.7 Å². The van der Waals surface area contributed by atoms with Gasteiger partial charge in [-0.3, -0.25) is 4.55 Å². The Morgan fingerprint density at radius 3 is 2.28 bits per heavy atom. The van der Waals surface area contributed by atoms with Gasteiger partial charge in [0.1, 0.15) is 17.1 Å². The molecule has 0 saturated heterocycles. The van der Waals surface area contributed by atoms with E-state index in [0.29, 0.717) is 5.39 Å². The maximum atomic E-state index is 11.3. The van der Waals surface area contributed by atoms with Crippen LogP contribution in [0.1, 0.15) is 0 Å². The first kappa shape index (κ1) is 16.7. The maximum absolute atomic E-state index is 11.3. The van der Waals surface area contributed by atoms with E-state index in [1.165, 1.54) is 24.3 Å². The zero-order valence-electron chi connectivity index (χ0n) is 12.7. The van der Waals surface area contributed by atoms with E-state index in [1.807, 2.05) is 0 Å². The van der Waals surface area contributed by atoms with Crippen LogP contribution in [0, 0.1) is 0 Å². The molecule has 3 rings (SSSR count). The SMILES string of the molecule is Nc1cc(S(=O)(=O)O)cc2ccc(/N=N/c3ccccc3O)c(O)c12. The predicted molar refractivity (Wildman–Crippen MR) is 92.1 cm³/mol. The second kappa shape index (κ2) is 6.04. The molecule has 5 N–H and O–H groups in total. The van der Waals surface area contributed by atoms with Crippen molar-refractivity contribution in [2.24, 2.45) is 10.2 Å². The monoisotopic (exact) mass is 359 g/mol. The highest BCUT2D eigenvalue weighted by molar-refractivity contribution is 7.85. The summed E-state index contributed by atoms with van der Waals surface area (Å²) in [4.78, 5) is -0.375. The van der Waals surface area contributed by atoms with Crippen LogP contribution in [0.3, 0.4) is 0 Å². The number of para-hydroxylation sites is 1. The van der Waals surface area contributed by atoms with E-state index in [2.05, 4.69) is 10.2 Å². The number of nitrogens with two attached hydrogens (primary N) is 1. The van der Waals surface area contributed by atoms with E-state index in [4.69, 9.17) is 10.3 Å². The first-order valence-electron chi connectivity index (χ1n) is 7.00. The molecule has 128 valence electrons. The van der Waals surface area contributed by atoms with Crippen molar-refractivity contribution in [3.05, 3.63) is 48.5 Å². The number of hydrogen-bond acceptors (Lipinski definition) is 7. The smallest absolute Gasteiger partial charge is 0.294 e. The van der Waals surface area contributed by atoms with Crippen molar-refractivity contribution in [3.8, 4) is 11.5 Å². The van der Waals surface area contributed by atoms with Crippen LogP contribution in [0.15, 0.2) is 63.7 Å². The molecule has 9 heteroatoms. The zero-order valence-corrected chi connectivity index (χ0v) is 13.5. The number of phenolic OH excluding ortho intramolecular Hbond substituents is 2. The Morgan fingerprint density at radius 2 is 1.60 bits per heavy atom. The van der Waals surface area contributed by atoms with Crippen molar-refractivity contribution in [2.45, 2.75) is 4.90 Å². The van der Waals surface area contributed by atoms with E-state index in [-0.39, 0.29) is 38.8 Å². The van der Waals surface area contributed by atoms with Crippen LogP contribution < -0.4 is 5.73 Å². The first-order chi connectivity index (χ1) is 11.8. The second-order valence-corrected chi connectivity index (χ2v) is 6.63. The molecule has 0 heterocycles. The molecule has 0 amide bonds. The van der Waals surface area contributed by atoms with Crippen LogP contribution in [0.25, 0.3) is 10.8 Å². The summed E-state index contributed by atoms with van der Waals surface area (Å²) in [6, 6.07) is 11.4. The summed E-state index contributed by atoms with van der Waals surface area (Å²) < 4.78 is 31.6. The van der Waals surface area contributed by atoms with Crippen LogP contribution in [0.5, 0.6) is 11.5 Å². The minimum absolute atomic E-state index is 0.0396. The number of nitrogens with zero attached hydrogens (tertiary/aromatic N) is 2. The van der Waals surface area contributed by atoms with Gasteiger partial charge in [-0.15, -0.1) is 10.2 Å². The number of azo groups is 1. The lowest BCUT2D eigenvalue weighted by Gasteiger charge is -2.08. The van der Waals surface area contributed by atoms with Gasteiger partial charge in [0.15, 0.2) is 5.75 Å². The summed E-state index contributed by atoms with van der Waals surface area (Å²) in [5.41, 5.74) is 6.07. The topological polar surface area (TPSA) is 146 Å². The van der Waals surface area contributed by atoms with Crippen LogP contribution >= 0.6 is 0 Å². The standard InChI is InChI=1S/C16H13N3O5S/c17-11-8-10(25(22,23)24)7-9-5-6-13(16(21)15(9)11)19-18-12-3-1-2-4-14(12)20/h1-8,20-21H,17H2,(H,22,23,24)/b19-18+. The third-order valence-corrected chi connectivity index (χ3v) is 4.35. The Balaban J connectivity index is 2.12. The zero-order chi connectivity index (χ0) is 18.2. The minimum Gasteiger partial charge on any atom is -0.506 e. The highest BCUT2D eigenvalue weighted by Crippen LogP contribution is 2.40. The summed E-state index contributed by atoms with van der Waals surface area (Å²) in [6.45, 7) is 0. The molecule has 0 aliphatic carbocycles. The molecule has 3 aromatic rings. The molecule has 0 unspecified atom stereocenters. The number of rotatable bonds is 3. The number of fused-ring (bicyclic) bond motifs is 1. The quantitative estimate of drug-likeness (QED) is 0.320. The number of phenols is 2. The minimum atomic E-state index is -4.42. The number of benzene rings is 3. The average molecular weight is 359 g/mol. The Morgan fingerprint density at radius 1 is 0.920 bits per heavy atom. The Bertz CT molecular complexity index is 1110. The molecule has 0 fully saturated rings. The van der Waals surface area contributed by atoms with Crippen LogP contribution in [-0.2, 0) is 10.1 Å². The fourth-order valence-electron chi connectivity index (χ4n) is 2.33. The summed E-state index contributed by atoms with van der Waals surface area (Å²) in [5, 5.41) is 28.3. The molecule has 0 spiro atoms. The lowest BCUT2D eigenvalue weighted by molar-refractivity contribution is 0.475. The number of nitrogen functional groups attached to an aromatic ring is 1. The van der Waals surface area contributed by atoms with Crippen molar-refractivity contribution >= 4 is 38.0 Å². The molecule has 0 aliphatic heterocycles. The molecule has 3 aromatic carbocycles. The highest BCUT2D eigenvalue weighted by atomic mass is 32.2. The van der Waals surface area contributed by atoms with Gasteiger partial charge in [0.25, 0.3) is 10.1 Å². The van der Waals surface area contributed by atoms with Gasteiger partial charge < -0.3 is 15.9 Å². The predicted octanol–water partition coefficient (Wildman–Crippen LogP) is 3.50. The van der Waals surface area contributed by atoms with E-state index in [9.17, 15) is 18.6 Å².